The van der Waals surface area contributed by atoms with Crippen LogP contribution in [-0.2, 0) is 23.2 Å². The van der Waals surface area contributed by atoms with Gasteiger partial charge in [-0.3, -0.25) is 4.79 Å². The minimum absolute atomic E-state index is 0. The van der Waals surface area contributed by atoms with Crippen LogP contribution in [0.2, 0.25) is 0 Å². The van der Waals surface area contributed by atoms with E-state index in [4.69, 9.17) is 15.3 Å². The minimum Gasteiger partial charge on any atom is -0.473 e. The second-order valence-electron chi connectivity index (χ2n) is 9.23. The van der Waals surface area contributed by atoms with Crippen molar-refractivity contribution in [1.82, 2.24) is 4.98 Å². The minimum atomic E-state index is -0.537. The van der Waals surface area contributed by atoms with Crippen LogP contribution >= 0.6 is 15.9 Å². The molecule has 0 fully saturated rings. The topological polar surface area (TPSA) is 86.8 Å². The third kappa shape index (κ3) is 8.67. The first-order valence-electron chi connectivity index (χ1n) is 13.1. The number of halogens is 3. The van der Waals surface area contributed by atoms with Crippen molar-refractivity contribution in [3.8, 4) is 18.0 Å². The predicted octanol–water partition coefficient (Wildman–Crippen LogP) is 8.88. The van der Waals surface area contributed by atoms with E-state index in [9.17, 15) is 13.6 Å². The maximum atomic E-state index is 13.5. The summed E-state index contributed by atoms with van der Waals surface area (Å²) in [6.07, 6.45) is 3.13. The molecule has 1 heterocycles. The Labute approximate surface area is 263 Å². The summed E-state index contributed by atoms with van der Waals surface area (Å²) in [7, 11) is 0. The van der Waals surface area contributed by atoms with Crippen molar-refractivity contribution < 1.29 is 18.3 Å². The molecule has 5 aromatic rings. The van der Waals surface area contributed by atoms with Gasteiger partial charge in [0.05, 0.1) is 16.6 Å². The maximum absolute atomic E-state index is 13.5. The molecule has 0 aliphatic heterocycles. The van der Waals surface area contributed by atoms with Crippen LogP contribution in [0.5, 0.6) is 5.88 Å². The lowest BCUT2D eigenvalue weighted by Crippen LogP contribution is -2.07. The molecule has 0 radical (unpaired) electrons. The Morgan fingerprint density at radius 2 is 1.39 bits per heavy atom. The number of nitriles is 2. The lowest BCUT2D eigenvalue weighted by atomic mass is 9.93. The van der Waals surface area contributed by atoms with Crippen molar-refractivity contribution >= 4 is 38.7 Å². The van der Waals surface area contributed by atoms with Crippen LogP contribution in [-0.4, -0.2) is 10.8 Å². The second-order valence-corrected chi connectivity index (χ2v) is 9.79. The quantitative estimate of drug-likeness (QED) is 0.181. The summed E-state index contributed by atoms with van der Waals surface area (Å²) in [5.41, 5.74) is 4.19. The van der Waals surface area contributed by atoms with E-state index in [2.05, 4.69) is 33.0 Å². The van der Waals surface area contributed by atoms with Gasteiger partial charge in [-0.25, -0.2) is 13.8 Å². The first kappa shape index (κ1) is 33.3. The fraction of sp³-hybridized carbons (Fsp3) is 0.111. The highest BCUT2D eigenvalue weighted by atomic mass is 79.9. The zero-order valence-electron chi connectivity index (χ0n) is 22.8. The molecule has 44 heavy (non-hydrogen) atoms. The summed E-state index contributed by atoms with van der Waals surface area (Å²) >= 11 is 3.36. The Bertz CT molecular complexity index is 1850. The summed E-state index contributed by atoms with van der Waals surface area (Å²) in [5.74, 6) is -0.648. The number of hydrogen-bond acceptors (Lipinski definition) is 5. The van der Waals surface area contributed by atoms with Crippen LogP contribution in [0.3, 0.4) is 0 Å². The Hall–Kier alpha value is -5.18. The number of alkyl halides is 1. The second kappa shape index (κ2) is 16.5. The summed E-state index contributed by atoms with van der Waals surface area (Å²) in [4.78, 5) is 15.3. The number of pyridine rings is 1. The normalized spacial score (nSPS) is 10.9. The van der Waals surface area contributed by atoms with Crippen molar-refractivity contribution in [3.05, 3.63) is 148 Å². The highest BCUT2D eigenvalue weighted by Crippen LogP contribution is 2.24. The van der Waals surface area contributed by atoms with Gasteiger partial charge in [0.2, 0.25) is 5.88 Å². The van der Waals surface area contributed by atoms with Gasteiger partial charge in [0.1, 0.15) is 30.4 Å². The zero-order valence-corrected chi connectivity index (χ0v) is 24.4. The van der Waals surface area contributed by atoms with E-state index in [1.54, 1.807) is 30.3 Å². The average molecular weight is 653 g/mol. The first-order chi connectivity index (χ1) is 20.9. The Balaban J connectivity index is 0.000000198. The number of ether oxygens (including phenoxy) is 1. The molecule has 0 bridgehead atoms. The van der Waals surface area contributed by atoms with Crippen molar-refractivity contribution in [1.29, 1.82) is 10.5 Å². The number of ketones is 1. The largest absolute Gasteiger partial charge is 0.473 e. The maximum Gasteiger partial charge on any atom is 0.214 e. The molecule has 1 aromatic heterocycles. The van der Waals surface area contributed by atoms with Gasteiger partial charge in [0, 0.05) is 23.2 Å². The molecule has 0 amide bonds. The number of hydrogen-bond donors (Lipinski definition) is 0. The van der Waals surface area contributed by atoms with Gasteiger partial charge in [-0.2, -0.15) is 10.5 Å². The smallest absolute Gasteiger partial charge is 0.214 e. The number of benzene rings is 4. The number of nitrogens with zero attached hydrogens (tertiary/aromatic N) is 3. The number of allylic oxidation sites excluding steroid dienone is 1. The highest BCUT2D eigenvalue weighted by Gasteiger charge is 2.16. The summed E-state index contributed by atoms with van der Waals surface area (Å²) in [5, 5.41) is 19.2. The molecule has 0 N–H and O–H groups in total. The molecule has 0 unspecified atom stereocenters. The number of fused-ring (bicyclic) bond motifs is 2. The molecule has 1 aliphatic rings. The van der Waals surface area contributed by atoms with E-state index in [1.165, 1.54) is 29.8 Å². The SMILES string of the molecule is BrCc1ccccc1.C.N#Cc1c(F)ccc2c1C=CC(=O)C2.N#Cc1c(F)ccc2nc(OCc3ccccc3)ccc12. The molecule has 5 nitrogen and oxygen atoms in total. The van der Waals surface area contributed by atoms with Crippen LogP contribution in [0.25, 0.3) is 17.0 Å². The molecule has 0 saturated heterocycles. The lowest BCUT2D eigenvalue weighted by molar-refractivity contribution is -0.114. The first-order valence-corrected chi connectivity index (χ1v) is 14.2. The zero-order chi connectivity index (χ0) is 30.6. The Kier molecular flexibility index (Phi) is 12.5. The molecule has 1 aliphatic carbocycles. The Morgan fingerprint density at radius 1 is 0.773 bits per heavy atom. The molecule has 0 saturated carbocycles. The fourth-order valence-electron chi connectivity index (χ4n) is 4.17. The van der Waals surface area contributed by atoms with Crippen molar-refractivity contribution in [2.45, 2.75) is 25.8 Å². The summed E-state index contributed by atoms with van der Waals surface area (Å²) in [6, 6.07) is 32.5. The molecule has 8 heteroatoms. The van der Waals surface area contributed by atoms with Crippen molar-refractivity contribution in [3.63, 3.8) is 0 Å². The van der Waals surface area contributed by atoms with E-state index in [0.717, 1.165) is 16.5 Å². The highest BCUT2D eigenvalue weighted by molar-refractivity contribution is 9.08. The molecular formula is C36H28BrF2N3O2. The molecule has 220 valence electrons. The fourth-order valence-corrected chi connectivity index (χ4v) is 4.54. The third-order valence-electron chi connectivity index (χ3n) is 6.33. The van der Waals surface area contributed by atoms with Gasteiger partial charge < -0.3 is 4.74 Å². The van der Waals surface area contributed by atoms with Gasteiger partial charge in [-0.15, -0.1) is 0 Å². The Morgan fingerprint density at radius 3 is 2.00 bits per heavy atom. The van der Waals surface area contributed by atoms with Gasteiger partial charge >= 0.3 is 0 Å². The van der Waals surface area contributed by atoms with E-state index in [0.29, 0.717) is 29.0 Å². The van der Waals surface area contributed by atoms with E-state index >= 15 is 0 Å². The van der Waals surface area contributed by atoms with Gasteiger partial charge in [0.15, 0.2) is 5.78 Å². The van der Waals surface area contributed by atoms with E-state index < -0.39 is 11.6 Å². The van der Waals surface area contributed by atoms with Crippen LogP contribution < -0.4 is 4.74 Å². The summed E-state index contributed by atoms with van der Waals surface area (Å²) in [6.45, 7) is 0.408. The number of carbonyl (C=O) groups is 1. The van der Waals surface area contributed by atoms with Crippen LogP contribution in [0.1, 0.15) is 40.8 Å². The van der Waals surface area contributed by atoms with Crippen molar-refractivity contribution in [2.24, 2.45) is 0 Å². The van der Waals surface area contributed by atoms with E-state index in [-0.39, 0.29) is 30.8 Å². The monoisotopic (exact) mass is 651 g/mol. The standard InChI is InChI=1S/C17H11FN2O.C11H6FNO.C7H7Br.CH4/c18-15-7-8-16-13(14(15)10-19)6-9-17(20-16)21-11-12-4-2-1-3-5-12;12-11-4-1-7-5-8(14)2-3-9(7)10(11)6-13;8-6-7-4-2-1-3-5-7;/h1-9H,11H2;1-4H,5H2;1-5H,6H2;1H4. The molecule has 0 atom stereocenters. The number of rotatable bonds is 4. The van der Waals surface area contributed by atoms with Gasteiger partial charge in [0.25, 0.3) is 0 Å². The predicted molar refractivity (Wildman–Crippen MR) is 172 cm³/mol. The average Bonchev–Trinajstić information content (AvgIpc) is 3.05. The summed E-state index contributed by atoms with van der Waals surface area (Å²) < 4.78 is 32.3. The van der Waals surface area contributed by atoms with Gasteiger partial charge in [-0.05, 0) is 58.7 Å². The third-order valence-corrected chi connectivity index (χ3v) is 6.98. The van der Waals surface area contributed by atoms with Crippen LogP contribution in [0, 0.1) is 34.3 Å². The van der Waals surface area contributed by atoms with Crippen LogP contribution in [0.4, 0.5) is 8.78 Å². The molecule has 6 rings (SSSR count). The lowest BCUT2D eigenvalue weighted by Gasteiger charge is -2.10. The van der Waals surface area contributed by atoms with Crippen LogP contribution in [0.15, 0.2) is 103 Å². The molecule has 4 aromatic carbocycles. The number of carbonyl (C=O) groups excluding carboxylic acids is 1. The number of aromatic nitrogens is 1. The van der Waals surface area contributed by atoms with E-state index in [1.807, 2.05) is 54.6 Å². The van der Waals surface area contributed by atoms with Crippen molar-refractivity contribution in [2.75, 3.05) is 0 Å². The molecule has 0 spiro atoms. The van der Waals surface area contributed by atoms with Gasteiger partial charge in [-0.1, -0.05) is 90.1 Å². The molecular weight excluding hydrogens is 624 g/mol.